The third-order valence-corrected chi connectivity index (χ3v) is 4.77. The zero-order chi connectivity index (χ0) is 17.4. The minimum absolute atomic E-state index is 0.641. The molecule has 0 amide bonds. The Morgan fingerprint density at radius 2 is 1.76 bits per heavy atom. The van der Waals surface area contributed by atoms with E-state index in [4.69, 9.17) is 4.98 Å². The fourth-order valence-electron chi connectivity index (χ4n) is 3.27. The SMILES string of the molecule is Cc1cc(N2CCc3ccccc32)nc(Nc2ccc(C)c(C)c2)n1. The van der Waals surface area contributed by atoms with Gasteiger partial charge in [-0.05, 0) is 62.1 Å². The van der Waals surface area contributed by atoms with E-state index >= 15 is 0 Å². The van der Waals surface area contributed by atoms with Crippen molar-refractivity contribution in [1.29, 1.82) is 0 Å². The maximum absolute atomic E-state index is 4.77. The van der Waals surface area contributed by atoms with Crippen LogP contribution in [0.2, 0.25) is 0 Å². The van der Waals surface area contributed by atoms with Gasteiger partial charge in [0.15, 0.2) is 0 Å². The van der Waals surface area contributed by atoms with Crippen molar-refractivity contribution in [3.05, 3.63) is 70.9 Å². The summed E-state index contributed by atoms with van der Waals surface area (Å²) in [5, 5.41) is 3.35. The smallest absolute Gasteiger partial charge is 0.229 e. The summed E-state index contributed by atoms with van der Waals surface area (Å²) in [6, 6.07) is 16.9. The first kappa shape index (κ1) is 15.6. The van der Waals surface area contributed by atoms with Crippen LogP contribution in [0.1, 0.15) is 22.4 Å². The van der Waals surface area contributed by atoms with Crippen LogP contribution in [0.25, 0.3) is 0 Å². The summed E-state index contributed by atoms with van der Waals surface area (Å²) in [6.45, 7) is 7.20. The van der Waals surface area contributed by atoms with Crippen LogP contribution in [0.5, 0.6) is 0 Å². The lowest BCUT2D eigenvalue weighted by Crippen LogP contribution is -2.16. The third-order valence-electron chi connectivity index (χ3n) is 4.77. The second kappa shape index (κ2) is 6.20. The molecule has 2 heterocycles. The van der Waals surface area contributed by atoms with Gasteiger partial charge in [-0.1, -0.05) is 24.3 Å². The van der Waals surface area contributed by atoms with E-state index < -0.39 is 0 Å². The first-order valence-electron chi connectivity index (χ1n) is 8.65. The standard InChI is InChI=1S/C21H22N4/c1-14-8-9-18(12-15(14)2)23-21-22-16(3)13-20(24-21)25-11-10-17-6-4-5-7-19(17)25/h4-9,12-13H,10-11H2,1-3H3,(H,22,23,24). The van der Waals surface area contributed by atoms with Crippen LogP contribution in [0.4, 0.5) is 23.1 Å². The molecule has 0 bridgehead atoms. The van der Waals surface area contributed by atoms with Gasteiger partial charge in [0.1, 0.15) is 5.82 Å². The Morgan fingerprint density at radius 1 is 0.920 bits per heavy atom. The van der Waals surface area contributed by atoms with Gasteiger partial charge in [-0.3, -0.25) is 0 Å². The monoisotopic (exact) mass is 330 g/mol. The van der Waals surface area contributed by atoms with Crippen molar-refractivity contribution in [2.24, 2.45) is 0 Å². The molecule has 0 atom stereocenters. The molecule has 0 saturated heterocycles. The molecule has 1 aromatic heterocycles. The first-order chi connectivity index (χ1) is 12.1. The highest BCUT2D eigenvalue weighted by atomic mass is 15.2. The Kier molecular flexibility index (Phi) is 3.88. The molecule has 4 heteroatoms. The van der Waals surface area contributed by atoms with Crippen molar-refractivity contribution in [2.75, 3.05) is 16.8 Å². The van der Waals surface area contributed by atoms with Gasteiger partial charge in [-0.25, -0.2) is 4.98 Å². The van der Waals surface area contributed by atoms with Crippen LogP contribution in [0, 0.1) is 20.8 Å². The van der Waals surface area contributed by atoms with Crippen molar-refractivity contribution < 1.29 is 0 Å². The summed E-state index contributed by atoms with van der Waals surface area (Å²) < 4.78 is 0. The van der Waals surface area contributed by atoms with Gasteiger partial charge in [0.25, 0.3) is 0 Å². The Morgan fingerprint density at radius 3 is 2.60 bits per heavy atom. The summed E-state index contributed by atoms with van der Waals surface area (Å²) in [6.07, 6.45) is 1.05. The molecular weight excluding hydrogens is 308 g/mol. The molecule has 0 unspecified atom stereocenters. The molecule has 0 radical (unpaired) electrons. The Bertz CT molecular complexity index is 933. The molecule has 0 fully saturated rings. The number of nitrogens with one attached hydrogen (secondary N) is 1. The number of fused-ring (bicyclic) bond motifs is 1. The van der Waals surface area contributed by atoms with Crippen molar-refractivity contribution in [2.45, 2.75) is 27.2 Å². The Hall–Kier alpha value is -2.88. The van der Waals surface area contributed by atoms with Gasteiger partial charge in [0.05, 0.1) is 0 Å². The van der Waals surface area contributed by atoms with E-state index in [1.54, 1.807) is 0 Å². The molecule has 0 spiro atoms. The van der Waals surface area contributed by atoms with Crippen molar-refractivity contribution in [1.82, 2.24) is 9.97 Å². The molecule has 4 rings (SSSR count). The summed E-state index contributed by atoms with van der Waals surface area (Å²) in [5.74, 6) is 1.59. The average molecular weight is 330 g/mol. The van der Waals surface area contributed by atoms with Crippen molar-refractivity contribution >= 4 is 23.1 Å². The molecule has 0 aliphatic carbocycles. The van der Waals surface area contributed by atoms with E-state index in [-0.39, 0.29) is 0 Å². The highest BCUT2D eigenvalue weighted by molar-refractivity contribution is 5.68. The largest absolute Gasteiger partial charge is 0.326 e. The van der Waals surface area contributed by atoms with E-state index in [0.717, 1.165) is 30.2 Å². The number of anilines is 4. The Balaban J connectivity index is 1.66. The van der Waals surface area contributed by atoms with E-state index in [2.05, 4.69) is 71.5 Å². The van der Waals surface area contributed by atoms with E-state index in [0.29, 0.717) is 5.95 Å². The number of benzene rings is 2. The second-order valence-corrected chi connectivity index (χ2v) is 6.65. The number of hydrogen-bond donors (Lipinski definition) is 1. The fourth-order valence-corrected chi connectivity index (χ4v) is 3.27. The molecule has 0 saturated carbocycles. The quantitative estimate of drug-likeness (QED) is 0.746. The average Bonchev–Trinajstić information content (AvgIpc) is 3.02. The lowest BCUT2D eigenvalue weighted by atomic mass is 10.1. The highest BCUT2D eigenvalue weighted by Gasteiger charge is 2.21. The van der Waals surface area contributed by atoms with Crippen LogP contribution >= 0.6 is 0 Å². The predicted molar refractivity (Wildman–Crippen MR) is 103 cm³/mol. The van der Waals surface area contributed by atoms with E-state index in [9.17, 15) is 0 Å². The molecule has 1 aliphatic heterocycles. The van der Waals surface area contributed by atoms with Gasteiger partial charge < -0.3 is 10.2 Å². The van der Waals surface area contributed by atoms with Gasteiger partial charge in [-0.15, -0.1) is 0 Å². The zero-order valence-electron chi connectivity index (χ0n) is 14.9. The molecule has 3 aromatic rings. The lowest BCUT2D eigenvalue weighted by Gasteiger charge is -2.19. The van der Waals surface area contributed by atoms with Crippen LogP contribution in [0.15, 0.2) is 48.5 Å². The molecule has 1 N–H and O–H groups in total. The molecule has 126 valence electrons. The maximum Gasteiger partial charge on any atom is 0.229 e. The molecule has 25 heavy (non-hydrogen) atoms. The number of nitrogens with zero attached hydrogens (tertiary/aromatic N) is 3. The highest BCUT2D eigenvalue weighted by Crippen LogP contribution is 2.34. The summed E-state index contributed by atoms with van der Waals surface area (Å²) in [7, 11) is 0. The topological polar surface area (TPSA) is 41.1 Å². The molecular formula is C21H22N4. The van der Waals surface area contributed by atoms with E-state index in [1.807, 2.05) is 13.0 Å². The number of aromatic nitrogens is 2. The van der Waals surface area contributed by atoms with Gasteiger partial charge in [0.2, 0.25) is 5.95 Å². The summed E-state index contributed by atoms with van der Waals surface area (Å²) in [4.78, 5) is 11.6. The van der Waals surface area contributed by atoms with Gasteiger partial charge in [-0.2, -0.15) is 4.98 Å². The van der Waals surface area contributed by atoms with Crippen LogP contribution in [-0.2, 0) is 6.42 Å². The molecule has 4 nitrogen and oxygen atoms in total. The van der Waals surface area contributed by atoms with Crippen LogP contribution in [0.3, 0.4) is 0 Å². The molecule has 1 aliphatic rings. The lowest BCUT2D eigenvalue weighted by molar-refractivity contribution is 0.959. The number of aryl methyl sites for hydroxylation is 3. The minimum atomic E-state index is 0.641. The summed E-state index contributed by atoms with van der Waals surface area (Å²) >= 11 is 0. The number of rotatable bonds is 3. The van der Waals surface area contributed by atoms with Crippen molar-refractivity contribution in [3.8, 4) is 0 Å². The van der Waals surface area contributed by atoms with Gasteiger partial charge in [0, 0.05) is 29.7 Å². The number of para-hydroxylation sites is 1. The maximum atomic E-state index is 4.77. The van der Waals surface area contributed by atoms with Crippen LogP contribution < -0.4 is 10.2 Å². The minimum Gasteiger partial charge on any atom is -0.326 e. The van der Waals surface area contributed by atoms with Gasteiger partial charge >= 0.3 is 0 Å². The zero-order valence-corrected chi connectivity index (χ0v) is 14.9. The normalized spacial score (nSPS) is 13.0. The molecule has 2 aromatic carbocycles. The van der Waals surface area contributed by atoms with Crippen LogP contribution in [-0.4, -0.2) is 16.5 Å². The first-order valence-corrected chi connectivity index (χ1v) is 8.65. The van der Waals surface area contributed by atoms with Crippen molar-refractivity contribution in [3.63, 3.8) is 0 Å². The Labute approximate surface area is 148 Å². The third kappa shape index (κ3) is 3.07. The predicted octanol–water partition coefficient (Wildman–Crippen LogP) is 4.84. The fraction of sp³-hybridized carbons (Fsp3) is 0.238. The van der Waals surface area contributed by atoms with E-state index in [1.165, 1.54) is 22.4 Å². The second-order valence-electron chi connectivity index (χ2n) is 6.65. The summed E-state index contributed by atoms with van der Waals surface area (Å²) in [5.41, 5.74) is 7.14. The number of hydrogen-bond acceptors (Lipinski definition) is 4.